The molecule has 0 saturated carbocycles. The van der Waals surface area contributed by atoms with Gasteiger partial charge in [-0.15, -0.1) is 18.2 Å². The van der Waals surface area contributed by atoms with Crippen LogP contribution in [0.3, 0.4) is 0 Å². The van der Waals surface area contributed by atoms with Gasteiger partial charge in [0.25, 0.3) is 0 Å². The molecule has 0 bridgehead atoms. The summed E-state index contributed by atoms with van der Waals surface area (Å²) >= 11 is 1.71. The van der Waals surface area contributed by atoms with E-state index in [0.717, 1.165) is 26.6 Å². The Morgan fingerprint density at radius 2 is 1.71 bits per heavy atom. The van der Waals surface area contributed by atoms with Crippen LogP contribution in [0.4, 0.5) is 0 Å². The summed E-state index contributed by atoms with van der Waals surface area (Å²) < 4.78 is 3.39. The molecule has 5 heteroatoms. The number of hydrogen-bond donors (Lipinski definition) is 0. The third-order valence-corrected chi connectivity index (χ3v) is 5.91. The number of rotatable bonds is 4. The Balaban J connectivity index is 0.00000225. The van der Waals surface area contributed by atoms with Crippen LogP contribution in [0.15, 0.2) is 42.7 Å². The maximum Gasteiger partial charge on any atom is 0.0796 e. The number of aromatic nitrogens is 3. The number of fused-ring (bicyclic) bond motifs is 1. The number of hydrogen-bond acceptors (Lipinski definition) is 3. The quantitative estimate of drug-likeness (QED) is 0.264. The van der Waals surface area contributed by atoms with Gasteiger partial charge in [0.05, 0.1) is 10.8 Å². The second-order valence-electron chi connectivity index (χ2n) is 7.52. The maximum atomic E-state index is 4.73. The van der Waals surface area contributed by atoms with Crippen molar-refractivity contribution < 1.29 is 20.1 Å². The first kappa shape index (κ1) is 20.9. The van der Waals surface area contributed by atoms with E-state index in [1.54, 1.807) is 11.3 Å². The van der Waals surface area contributed by atoms with E-state index >= 15 is 0 Å². The summed E-state index contributed by atoms with van der Waals surface area (Å²) in [6.45, 7) is 11.0. The number of benzene rings is 2. The molecule has 147 valence electrons. The number of nitrogens with zero attached hydrogens (tertiary/aromatic N) is 3. The van der Waals surface area contributed by atoms with Crippen LogP contribution >= 0.6 is 11.3 Å². The summed E-state index contributed by atoms with van der Waals surface area (Å²) in [5, 5.41) is 1.06. The van der Waals surface area contributed by atoms with Gasteiger partial charge in [-0.2, -0.15) is 11.3 Å². The summed E-state index contributed by atoms with van der Waals surface area (Å²) in [6.07, 6.45) is 3.96. The maximum absolute atomic E-state index is 4.73. The Labute approximate surface area is 184 Å². The van der Waals surface area contributed by atoms with E-state index in [2.05, 4.69) is 67.7 Å². The van der Waals surface area contributed by atoms with E-state index in [1.807, 2.05) is 25.3 Å². The van der Waals surface area contributed by atoms with Gasteiger partial charge < -0.3 is 4.57 Å². The van der Waals surface area contributed by atoms with Gasteiger partial charge in [-0.1, -0.05) is 51.5 Å². The van der Waals surface area contributed by atoms with Gasteiger partial charge >= 0.3 is 0 Å². The third kappa shape index (κ3) is 3.59. The van der Waals surface area contributed by atoms with E-state index in [-0.39, 0.29) is 20.1 Å². The molecule has 0 aliphatic rings. The normalized spacial score (nSPS) is 11.4. The van der Waals surface area contributed by atoms with Gasteiger partial charge in [-0.25, -0.2) is 0 Å². The fourth-order valence-corrected chi connectivity index (χ4v) is 4.54. The first-order chi connectivity index (χ1) is 13.0. The first-order valence-electron chi connectivity index (χ1n) is 9.42. The standard InChI is InChI=1S/C23H24N3S.Ir/c1-14(2)17-8-6-9-18(15(3)4)21(17)26-13-12-24-23(26)19-10-7-11-20-22(19)27-16(5)25-20;/h6-9,11-15H,1-5H3;/q-1;. The largest absolute Gasteiger partial charge is 0.339 e. The van der Waals surface area contributed by atoms with Gasteiger partial charge in [-0.3, -0.25) is 9.97 Å². The molecule has 28 heavy (non-hydrogen) atoms. The smallest absolute Gasteiger partial charge is 0.0796 e. The Bertz CT molecular complexity index is 1080. The van der Waals surface area contributed by atoms with Crippen LogP contribution in [-0.2, 0) is 20.1 Å². The average molecular weight is 567 g/mol. The Hall–Kier alpha value is -1.81. The van der Waals surface area contributed by atoms with E-state index in [9.17, 15) is 0 Å². The summed E-state index contributed by atoms with van der Waals surface area (Å²) in [6, 6.07) is 14.0. The van der Waals surface area contributed by atoms with Crippen molar-refractivity contribution in [3.8, 4) is 17.1 Å². The molecule has 0 N–H and O–H groups in total. The Morgan fingerprint density at radius 1 is 1.04 bits per heavy atom. The fraction of sp³-hybridized carbons (Fsp3) is 0.304. The molecule has 4 rings (SSSR count). The molecular formula is C23H24IrN3S-. The second kappa shape index (κ2) is 8.28. The molecule has 0 saturated heterocycles. The SMILES string of the molecule is Cc1nc2cc[c-]c(-c3nccn3-c3c(C(C)C)cccc3C(C)C)c2s1.[Ir]. The topological polar surface area (TPSA) is 30.7 Å². The fourth-order valence-electron chi connectivity index (χ4n) is 3.63. The molecule has 4 aromatic rings. The predicted octanol–water partition coefficient (Wildman–Crippen LogP) is 6.50. The minimum absolute atomic E-state index is 0. The van der Waals surface area contributed by atoms with Crippen molar-refractivity contribution in [1.29, 1.82) is 0 Å². The van der Waals surface area contributed by atoms with Crippen LogP contribution in [0.2, 0.25) is 0 Å². The number of para-hydroxylation sites is 1. The first-order valence-corrected chi connectivity index (χ1v) is 10.2. The van der Waals surface area contributed by atoms with E-state index in [4.69, 9.17) is 4.98 Å². The molecule has 0 atom stereocenters. The molecular weight excluding hydrogens is 543 g/mol. The van der Waals surface area contributed by atoms with Crippen molar-refractivity contribution >= 4 is 21.6 Å². The molecule has 2 heterocycles. The van der Waals surface area contributed by atoms with Crippen LogP contribution in [0.5, 0.6) is 0 Å². The molecule has 3 nitrogen and oxygen atoms in total. The molecule has 0 unspecified atom stereocenters. The minimum atomic E-state index is 0. The van der Waals surface area contributed by atoms with E-state index < -0.39 is 0 Å². The minimum Gasteiger partial charge on any atom is -0.339 e. The molecule has 0 fully saturated rings. The van der Waals surface area contributed by atoms with Crippen LogP contribution in [0, 0.1) is 13.0 Å². The molecule has 0 aliphatic carbocycles. The van der Waals surface area contributed by atoms with Gasteiger partial charge in [-0.05, 0) is 40.1 Å². The zero-order chi connectivity index (χ0) is 19.1. The van der Waals surface area contributed by atoms with Crippen molar-refractivity contribution in [1.82, 2.24) is 14.5 Å². The van der Waals surface area contributed by atoms with Gasteiger partial charge in [0.15, 0.2) is 0 Å². The summed E-state index contributed by atoms with van der Waals surface area (Å²) in [7, 11) is 0. The zero-order valence-electron chi connectivity index (χ0n) is 16.8. The van der Waals surface area contributed by atoms with Crippen LogP contribution in [-0.4, -0.2) is 14.5 Å². The Kier molecular flexibility index (Phi) is 6.18. The summed E-state index contributed by atoms with van der Waals surface area (Å²) in [5.41, 5.74) is 5.97. The number of aryl methyl sites for hydroxylation is 1. The van der Waals surface area contributed by atoms with Gasteiger partial charge in [0, 0.05) is 38.2 Å². The van der Waals surface area contributed by atoms with Crippen molar-refractivity contribution in [2.45, 2.75) is 46.5 Å². The summed E-state index contributed by atoms with van der Waals surface area (Å²) in [4.78, 5) is 9.37. The van der Waals surface area contributed by atoms with Crippen molar-refractivity contribution in [2.24, 2.45) is 0 Å². The average Bonchev–Trinajstić information content (AvgIpc) is 3.25. The molecule has 0 amide bonds. The summed E-state index contributed by atoms with van der Waals surface area (Å²) in [5.74, 6) is 1.79. The molecule has 2 aromatic carbocycles. The number of imidazole rings is 1. The van der Waals surface area contributed by atoms with Gasteiger partial charge in [0.2, 0.25) is 0 Å². The molecule has 0 spiro atoms. The van der Waals surface area contributed by atoms with Crippen LogP contribution in [0.25, 0.3) is 27.3 Å². The van der Waals surface area contributed by atoms with E-state index in [0.29, 0.717) is 11.8 Å². The third-order valence-electron chi connectivity index (χ3n) is 4.90. The molecule has 0 aliphatic heterocycles. The van der Waals surface area contributed by atoms with Gasteiger partial charge in [0.1, 0.15) is 0 Å². The zero-order valence-corrected chi connectivity index (χ0v) is 20.0. The van der Waals surface area contributed by atoms with Crippen molar-refractivity contribution in [2.75, 3.05) is 0 Å². The second-order valence-corrected chi connectivity index (χ2v) is 8.72. The monoisotopic (exact) mass is 567 g/mol. The molecule has 1 radical (unpaired) electrons. The van der Waals surface area contributed by atoms with Crippen molar-refractivity contribution in [3.63, 3.8) is 0 Å². The van der Waals surface area contributed by atoms with Crippen LogP contribution in [0.1, 0.15) is 55.7 Å². The predicted molar refractivity (Wildman–Crippen MR) is 114 cm³/mol. The number of thiazole rings is 1. The van der Waals surface area contributed by atoms with Crippen LogP contribution < -0.4 is 0 Å². The Morgan fingerprint density at radius 3 is 2.36 bits per heavy atom. The van der Waals surface area contributed by atoms with E-state index in [1.165, 1.54) is 16.8 Å². The van der Waals surface area contributed by atoms with Crippen molar-refractivity contribution in [3.05, 3.63) is 64.9 Å². The molecule has 2 aromatic heterocycles.